The van der Waals surface area contributed by atoms with E-state index in [0.717, 1.165) is 30.5 Å². The number of nitrogens with zero attached hydrogens (tertiary/aromatic N) is 1. The number of hydrogen-bond acceptors (Lipinski definition) is 2. The Morgan fingerprint density at radius 1 is 1.44 bits per heavy atom. The minimum Gasteiger partial charge on any atom is -0.472 e. The van der Waals surface area contributed by atoms with Crippen molar-refractivity contribution in [3.63, 3.8) is 0 Å². The molecule has 0 saturated carbocycles. The topological polar surface area (TPSA) is 49.6 Å². The van der Waals surface area contributed by atoms with Crippen molar-refractivity contribution in [2.24, 2.45) is 10.9 Å². The van der Waals surface area contributed by atoms with Crippen LogP contribution in [0.3, 0.4) is 0 Å². The quantitative estimate of drug-likeness (QED) is 0.487. The van der Waals surface area contributed by atoms with Gasteiger partial charge in [0, 0.05) is 25.7 Å². The number of hydrogen-bond donors (Lipinski definition) is 2. The van der Waals surface area contributed by atoms with Crippen molar-refractivity contribution in [2.45, 2.75) is 25.8 Å². The molecule has 0 spiro atoms. The van der Waals surface area contributed by atoms with E-state index >= 15 is 0 Å². The van der Waals surface area contributed by atoms with Crippen LogP contribution in [-0.4, -0.2) is 19.6 Å². The van der Waals surface area contributed by atoms with Gasteiger partial charge in [0.15, 0.2) is 5.96 Å². The van der Waals surface area contributed by atoms with Gasteiger partial charge in [-0.1, -0.05) is 12.2 Å². The van der Waals surface area contributed by atoms with Crippen LogP contribution in [0.25, 0.3) is 0 Å². The number of guanidine groups is 1. The lowest BCUT2D eigenvalue weighted by atomic mass is 9.94. The van der Waals surface area contributed by atoms with Gasteiger partial charge in [0.1, 0.15) is 0 Å². The van der Waals surface area contributed by atoms with Crippen molar-refractivity contribution in [1.82, 2.24) is 10.6 Å². The van der Waals surface area contributed by atoms with Gasteiger partial charge in [-0.25, -0.2) is 0 Å². The van der Waals surface area contributed by atoms with Gasteiger partial charge in [-0.15, -0.1) is 0 Å². The lowest BCUT2D eigenvalue weighted by Gasteiger charge is -2.19. The highest BCUT2D eigenvalue weighted by Gasteiger charge is 2.10. The second-order valence-corrected chi connectivity index (χ2v) is 4.59. The van der Waals surface area contributed by atoms with E-state index in [4.69, 9.17) is 4.42 Å². The Hall–Kier alpha value is -1.71. The van der Waals surface area contributed by atoms with Crippen LogP contribution in [0.5, 0.6) is 0 Å². The molecule has 1 atom stereocenters. The molecule has 0 fully saturated rings. The van der Waals surface area contributed by atoms with E-state index in [1.165, 1.54) is 19.3 Å². The van der Waals surface area contributed by atoms with Gasteiger partial charge < -0.3 is 15.1 Å². The maximum absolute atomic E-state index is 5.03. The summed E-state index contributed by atoms with van der Waals surface area (Å²) < 4.78 is 5.03. The average Bonchev–Trinajstić information content (AvgIpc) is 2.93. The first-order valence-corrected chi connectivity index (χ1v) is 6.49. The van der Waals surface area contributed by atoms with Crippen LogP contribution in [0.2, 0.25) is 0 Å². The average molecular weight is 247 g/mol. The Bertz CT molecular complexity index is 395. The Morgan fingerprint density at radius 3 is 3.06 bits per heavy atom. The molecule has 0 aromatic carbocycles. The summed E-state index contributed by atoms with van der Waals surface area (Å²) in [7, 11) is 1.80. The maximum atomic E-state index is 5.03. The van der Waals surface area contributed by atoms with Crippen molar-refractivity contribution in [3.8, 4) is 0 Å². The molecular weight excluding hydrogens is 226 g/mol. The van der Waals surface area contributed by atoms with E-state index < -0.39 is 0 Å². The zero-order valence-electron chi connectivity index (χ0n) is 10.9. The first kappa shape index (κ1) is 12.7. The zero-order valence-corrected chi connectivity index (χ0v) is 10.9. The molecule has 1 heterocycles. The van der Waals surface area contributed by atoms with Gasteiger partial charge in [-0.3, -0.25) is 4.99 Å². The molecule has 0 saturated heterocycles. The minimum atomic E-state index is 0.725. The SMILES string of the molecule is CN=C(NCc1ccoc1)NCC1CC=CCC1. The summed E-state index contributed by atoms with van der Waals surface area (Å²) in [6.07, 6.45) is 11.6. The van der Waals surface area contributed by atoms with Gasteiger partial charge >= 0.3 is 0 Å². The molecule has 0 radical (unpaired) electrons. The largest absolute Gasteiger partial charge is 0.472 e. The molecular formula is C14H21N3O. The molecule has 1 aromatic heterocycles. The van der Waals surface area contributed by atoms with Crippen LogP contribution in [0, 0.1) is 5.92 Å². The maximum Gasteiger partial charge on any atom is 0.191 e. The zero-order chi connectivity index (χ0) is 12.6. The lowest BCUT2D eigenvalue weighted by Crippen LogP contribution is -2.39. The standard InChI is InChI=1S/C14H21N3O/c1-15-14(17-10-13-7-8-18-11-13)16-9-12-5-3-2-4-6-12/h2-3,7-8,11-12H,4-6,9-10H2,1H3,(H2,15,16,17). The first-order valence-electron chi connectivity index (χ1n) is 6.49. The van der Waals surface area contributed by atoms with Gasteiger partial charge in [-0.05, 0) is 31.2 Å². The normalized spacial score (nSPS) is 19.8. The molecule has 98 valence electrons. The molecule has 0 aliphatic heterocycles. The number of furan rings is 1. The van der Waals surface area contributed by atoms with E-state index in [-0.39, 0.29) is 0 Å². The van der Waals surface area contributed by atoms with Crippen molar-refractivity contribution >= 4 is 5.96 Å². The molecule has 1 unspecified atom stereocenters. The van der Waals surface area contributed by atoms with Crippen LogP contribution in [0.4, 0.5) is 0 Å². The molecule has 18 heavy (non-hydrogen) atoms. The van der Waals surface area contributed by atoms with Crippen molar-refractivity contribution in [2.75, 3.05) is 13.6 Å². The van der Waals surface area contributed by atoms with Crippen LogP contribution in [0.1, 0.15) is 24.8 Å². The number of nitrogens with one attached hydrogen (secondary N) is 2. The Kier molecular flexibility index (Phi) is 4.88. The van der Waals surface area contributed by atoms with E-state index in [1.807, 2.05) is 6.07 Å². The smallest absolute Gasteiger partial charge is 0.191 e. The van der Waals surface area contributed by atoms with E-state index in [0.29, 0.717) is 0 Å². The summed E-state index contributed by atoms with van der Waals surface area (Å²) in [5, 5.41) is 6.65. The van der Waals surface area contributed by atoms with Crippen molar-refractivity contribution < 1.29 is 4.42 Å². The summed E-state index contributed by atoms with van der Waals surface area (Å²) in [6, 6.07) is 1.95. The third-order valence-electron chi connectivity index (χ3n) is 3.20. The fraction of sp³-hybridized carbons (Fsp3) is 0.500. The van der Waals surface area contributed by atoms with E-state index in [1.54, 1.807) is 19.6 Å². The fourth-order valence-electron chi connectivity index (χ4n) is 2.08. The molecule has 4 heteroatoms. The van der Waals surface area contributed by atoms with Crippen molar-refractivity contribution in [1.29, 1.82) is 0 Å². The van der Waals surface area contributed by atoms with Gasteiger partial charge in [0.2, 0.25) is 0 Å². The van der Waals surface area contributed by atoms with Crippen LogP contribution in [0.15, 0.2) is 40.2 Å². The summed E-state index contributed by atoms with van der Waals surface area (Å²) >= 11 is 0. The lowest BCUT2D eigenvalue weighted by molar-refractivity contribution is 0.469. The highest BCUT2D eigenvalue weighted by molar-refractivity contribution is 5.79. The van der Waals surface area contributed by atoms with Gasteiger partial charge in [0.25, 0.3) is 0 Å². The fourth-order valence-corrected chi connectivity index (χ4v) is 2.08. The highest BCUT2D eigenvalue weighted by atomic mass is 16.3. The summed E-state index contributed by atoms with van der Waals surface area (Å²) in [6.45, 7) is 1.72. The van der Waals surface area contributed by atoms with E-state index in [9.17, 15) is 0 Å². The van der Waals surface area contributed by atoms with Gasteiger partial charge in [0.05, 0.1) is 12.5 Å². The third kappa shape index (κ3) is 3.95. The molecule has 4 nitrogen and oxygen atoms in total. The first-order chi connectivity index (χ1) is 8.88. The molecule has 2 rings (SSSR count). The Labute approximate surface area is 108 Å². The number of aliphatic imine (C=N–C) groups is 1. The molecule has 0 amide bonds. The van der Waals surface area contributed by atoms with Crippen LogP contribution < -0.4 is 10.6 Å². The molecule has 2 N–H and O–H groups in total. The van der Waals surface area contributed by atoms with Crippen LogP contribution >= 0.6 is 0 Å². The highest BCUT2D eigenvalue weighted by Crippen LogP contribution is 2.16. The van der Waals surface area contributed by atoms with E-state index in [2.05, 4.69) is 27.8 Å². The Morgan fingerprint density at radius 2 is 2.39 bits per heavy atom. The van der Waals surface area contributed by atoms with Gasteiger partial charge in [-0.2, -0.15) is 0 Å². The predicted molar refractivity (Wildman–Crippen MR) is 73.4 cm³/mol. The molecule has 1 aromatic rings. The molecule has 1 aliphatic carbocycles. The monoisotopic (exact) mass is 247 g/mol. The van der Waals surface area contributed by atoms with Crippen LogP contribution in [-0.2, 0) is 6.54 Å². The Balaban J connectivity index is 1.70. The van der Waals surface area contributed by atoms with Crippen molar-refractivity contribution in [3.05, 3.63) is 36.3 Å². The third-order valence-corrected chi connectivity index (χ3v) is 3.20. The molecule has 1 aliphatic rings. The predicted octanol–water partition coefficient (Wildman–Crippen LogP) is 2.30. The second-order valence-electron chi connectivity index (χ2n) is 4.59. The summed E-state index contributed by atoms with van der Waals surface area (Å²) in [5.41, 5.74) is 1.12. The second kappa shape index (κ2) is 6.89. The summed E-state index contributed by atoms with van der Waals surface area (Å²) in [4.78, 5) is 4.22. The number of rotatable bonds is 4. The minimum absolute atomic E-state index is 0.725. The summed E-state index contributed by atoms with van der Waals surface area (Å²) in [5.74, 6) is 1.58. The molecule has 0 bridgehead atoms. The number of allylic oxidation sites excluding steroid dienone is 2.